The minimum atomic E-state index is -0.622. The lowest BCUT2D eigenvalue weighted by Crippen LogP contribution is -2.42. The van der Waals surface area contributed by atoms with Gasteiger partial charge in [-0.05, 0) is 37.3 Å². The van der Waals surface area contributed by atoms with Crippen LogP contribution in [0.2, 0.25) is 15.1 Å². The van der Waals surface area contributed by atoms with Gasteiger partial charge in [0.1, 0.15) is 5.69 Å². The smallest absolute Gasteiger partial charge is 0.296 e. The number of hydrogen-bond acceptors (Lipinski definition) is 4. The van der Waals surface area contributed by atoms with E-state index in [9.17, 15) is 9.59 Å². The van der Waals surface area contributed by atoms with Gasteiger partial charge in [0.15, 0.2) is 0 Å². The van der Waals surface area contributed by atoms with Crippen LogP contribution in [0.25, 0.3) is 16.9 Å². The molecule has 3 aromatic rings. The van der Waals surface area contributed by atoms with Gasteiger partial charge < -0.3 is 4.90 Å². The lowest BCUT2D eigenvalue weighted by molar-refractivity contribution is -0.126. The van der Waals surface area contributed by atoms with Gasteiger partial charge in [0.05, 0.1) is 16.4 Å². The molecule has 1 amide bonds. The molecule has 5 nitrogen and oxygen atoms in total. The highest BCUT2D eigenvalue weighted by Crippen LogP contribution is 2.33. The molecule has 0 bridgehead atoms. The van der Waals surface area contributed by atoms with E-state index in [4.69, 9.17) is 34.8 Å². The molecule has 1 aromatic heterocycles. The summed E-state index contributed by atoms with van der Waals surface area (Å²) in [6.45, 7) is 2.90. The van der Waals surface area contributed by atoms with Crippen molar-refractivity contribution in [3.63, 3.8) is 0 Å². The Morgan fingerprint density at radius 3 is 2.26 bits per heavy atom. The maximum Gasteiger partial charge on any atom is 0.296 e. The average molecular weight is 495 g/mol. The monoisotopic (exact) mass is 493 g/mol. The molecule has 2 aromatic carbocycles. The molecular weight excluding hydrogens is 477 g/mol. The fraction of sp³-hybridized carbons (Fsp3) is 0.227. The Morgan fingerprint density at radius 2 is 1.61 bits per heavy atom. The van der Waals surface area contributed by atoms with E-state index in [2.05, 4.69) is 5.10 Å². The second kappa shape index (κ2) is 9.25. The number of amides is 1. The summed E-state index contributed by atoms with van der Waals surface area (Å²) in [5, 5.41) is 5.99. The Bertz CT molecular complexity index is 1160. The molecular formula is C22H18Cl3N3O2S. The first kappa shape index (κ1) is 22.2. The summed E-state index contributed by atoms with van der Waals surface area (Å²) in [6.07, 6.45) is 0. The number of aromatic nitrogens is 2. The minimum absolute atomic E-state index is 0.110. The lowest BCUT2D eigenvalue weighted by Gasteiger charge is -2.25. The van der Waals surface area contributed by atoms with Gasteiger partial charge in [0.2, 0.25) is 0 Å². The highest BCUT2D eigenvalue weighted by Gasteiger charge is 2.30. The maximum absolute atomic E-state index is 13.1. The third-order valence-electron chi connectivity index (χ3n) is 5.09. The van der Waals surface area contributed by atoms with E-state index in [0.717, 1.165) is 17.1 Å². The fourth-order valence-electron chi connectivity index (χ4n) is 3.50. The van der Waals surface area contributed by atoms with Gasteiger partial charge in [-0.3, -0.25) is 9.59 Å². The van der Waals surface area contributed by atoms with Crippen LogP contribution in [0.5, 0.6) is 0 Å². The number of Topliss-reactive ketones (excluding diaryl/α,β-unsaturated/α-hetero) is 1. The van der Waals surface area contributed by atoms with Gasteiger partial charge in [0.25, 0.3) is 11.7 Å². The number of carbonyl (C=O) groups excluding carboxylic acids is 2. The SMILES string of the molecule is Cc1c(C(=O)C(=O)N2CCSCC2)nn(-c2ccc(Cl)cc2Cl)c1-c1ccc(Cl)cc1. The molecule has 0 unspecified atom stereocenters. The molecule has 4 rings (SSSR count). The Hall–Kier alpha value is -1.99. The van der Waals surface area contributed by atoms with E-state index in [1.807, 2.05) is 12.1 Å². The van der Waals surface area contributed by atoms with Crippen LogP contribution in [0.4, 0.5) is 0 Å². The van der Waals surface area contributed by atoms with Crippen molar-refractivity contribution in [2.45, 2.75) is 6.92 Å². The van der Waals surface area contributed by atoms with Crippen LogP contribution in [0, 0.1) is 6.92 Å². The van der Waals surface area contributed by atoms with Crippen molar-refractivity contribution in [3.8, 4) is 16.9 Å². The zero-order valence-corrected chi connectivity index (χ0v) is 19.7. The Kier molecular flexibility index (Phi) is 6.63. The Morgan fingerprint density at radius 1 is 0.968 bits per heavy atom. The predicted molar refractivity (Wildman–Crippen MR) is 127 cm³/mol. The second-order valence-electron chi connectivity index (χ2n) is 7.07. The standard InChI is InChI=1S/C22H18Cl3N3O2S/c1-13-19(21(29)22(30)27-8-10-31-11-9-27)26-28(18-7-6-16(24)12-17(18)25)20(13)14-2-4-15(23)5-3-14/h2-7,12H,8-11H2,1H3. The summed E-state index contributed by atoms with van der Waals surface area (Å²) < 4.78 is 1.59. The molecule has 31 heavy (non-hydrogen) atoms. The van der Waals surface area contributed by atoms with E-state index in [0.29, 0.717) is 45.1 Å². The average Bonchev–Trinajstić information content (AvgIpc) is 3.10. The largest absolute Gasteiger partial charge is 0.334 e. The predicted octanol–water partition coefficient (Wildman–Crippen LogP) is 5.57. The Labute approximate surface area is 199 Å². The van der Waals surface area contributed by atoms with Crippen LogP contribution in [-0.4, -0.2) is 51.0 Å². The molecule has 1 saturated heterocycles. The first-order valence-electron chi connectivity index (χ1n) is 9.59. The molecule has 0 atom stereocenters. The van der Waals surface area contributed by atoms with E-state index in [-0.39, 0.29) is 5.69 Å². The first-order chi connectivity index (χ1) is 14.9. The maximum atomic E-state index is 13.1. The summed E-state index contributed by atoms with van der Waals surface area (Å²) >= 11 is 20.3. The molecule has 2 heterocycles. The number of carbonyl (C=O) groups is 2. The van der Waals surface area contributed by atoms with E-state index >= 15 is 0 Å². The van der Waals surface area contributed by atoms with Crippen molar-refractivity contribution in [1.29, 1.82) is 0 Å². The molecule has 0 aliphatic carbocycles. The molecule has 0 N–H and O–H groups in total. The van der Waals surface area contributed by atoms with Gasteiger partial charge in [-0.1, -0.05) is 46.9 Å². The van der Waals surface area contributed by atoms with Crippen molar-refractivity contribution in [2.24, 2.45) is 0 Å². The topological polar surface area (TPSA) is 55.2 Å². The molecule has 9 heteroatoms. The molecule has 0 radical (unpaired) electrons. The number of thioether (sulfide) groups is 1. The summed E-state index contributed by atoms with van der Waals surface area (Å²) in [5.41, 5.74) is 2.71. The number of ketones is 1. The lowest BCUT2D eigenvalue weighted by atomic mass is 10.0. The van der Waals surface area contributed by atoms with Crippen LogP contribution in [0.15, 0.2) is 42.5 Å². The molecule has 1 aliphatic heterocycles. The zero-order valence-electron chi connectivity index (χ0n) is 16.6. The van der Waals surface area contributed by atoms with Gasteiger partial charge >= 0.3 is 0 Å². The van der Waals surface area contributed by atoms with Gasteiger partial charge in [0, 0.05) is 45.8 Å². The molecule has 0 spiro atoms. The highest BCUT2D eigenvalue weighted by molar-refractivity contribution is 7.99. The van der Waals surface area contributed by atoms with Gasteiger partial charge in [-0.2, -0.15) is 16.9 Å². The van der Waals surface area contributed by atoms with Crippen LogP contribution in [-0.2, 0) is 4.79 Å². The normalized spacial score (nSPS) is 14.0. The van der Waals surface area contributed by atoms with Gasteiger partial charge in [-0.25, -0.2) is 4.68 Å². The summed E-state index contributed by atoms with van der Waals surface area (Å²) in [7, 11) is 0. The van der Waals surface area contributed by atoms with E-state index in [1.165, 1.54) is 0 Å². The van der Waals surface area contributed by atoms with Crippen LogP contribution < -0.4 is 0 Å². The fourth-order valence-corrected chi connectivity index (χ4v) is 5.01. The van der Waals surface area contributed by atoms with Crippen molar-refractivity contribution >= 4 is 58.3 Å². The molecule has 0 saturated carbocycles. The third-order valence-corrected chi connectivity index (χ3v) is 6.82. The van der Waals surface area contributed by atoms with Crippen molar-refractivity contribution < 1.29 is 9.59 Å². The molecule has 160 valence electrons. The summed E-state index contributed by atoms with van der Waals surface area (Å²) in [4.78, 5) is 27.6. The third kappa shape index (κ3) is 4.48. The summed E-state index contributed by atoms with van der Waals surface area (Å²) in [6, 6.07) is 12.2. The van der Waals surface area contributed by atoms with Crippen molar-refractivity contribution in [2.75, 3.05) is 24.6 Å². The second-order valence-corrected chi connectivity index (χ2v) is 9.58. The highest BCUT2D eigenvalue weighted by atomic mass is 35.5. The Balaban J connectivity index is 1.84. The number of halogens is 3. The zero-order chi connectivity index (χ0) is 22.1. The van der Waals surface area contributed by atoms with E-state index < -0.39 is 11.7 Å². The number of rotatable bonds is 4. The van der Waals surface area contributed by atoms with Crippen LogP contribution in [0.3, 0.4) is 0 Å². The number of nitrogens with zero attached hydrogens (tertiary/aromatic N) is 3. The van der Waals surface area contributed by atoms with Crippen LogP contribution >= 0.6 is 46.6 Å². The number of benzene rings is 2. The summed E-state index contributed by atoms with van der Waals surface area (Å²) in [5.74, 6) is 0.493. The quantitative estimate of drug-likeness (QED) is 0.352. The van der Waals surface area contributed by atoms with Crippen molar-refractivity contribution in [1.82, 2.24) is 14.7 Å². The molecule has 1 fully saturated rings. The van der Waals surface area contributed by atoms with Crippen LogP contribution in [0.1, 0.15) is 16.1 Å². The van der Waals surface area contributed by atoms with Crippen molar-refractivity contribution in [3.05, 3.63) is 68.8 Å². The van der Waals surface area contributed by atoms with E-state index in [1.54, 1.807) is 58.6 Å². The number of hydrogen-bond donors (Lipinski definition) is 0. The van der Waals surface area contributed by atoms with Gasteiger partial charge in [-0.15, -0.1) is 0 Å². The molecule has 1 aliphatic rings. The first-order valence-corrected chi connectivity index (χ1v) is 11.9. The minimum Gasteiger partial charge on any atom is -0.334 e.